The molecule has 3 aromatic rings. The summed E-state index contributed by atoms with van der Waals surface area (Å²) < 4.78 is 0. The lowest BCUT2D eigenvalue weighted by Crippen LogP contribution is -1.91. The van der Waals surface area contributed by atoms with Crippen molar-refractivity contribution in [2.45, 2.75) is 23.6 Å². The Kier molecular flexibility index (Phi) is 7.24. The number of rotatable bonds is 8. The van der Waals surface area contributed by atoms with Gasteiger partial charge < -0.3 is 0 Å². The summed E-state index contributed by atoms with van der Waals surface area (Å²) in [5.41, 5.74) is 6.66. The molecule has 0 radical (unpaired) electrons. The van der Waals surface area contributed by atoms with Gasteiger partial charge in [0.15, 0.2) is 0 Å². The SMILES string of the molecule is C=C(c1ccc(SCC)cc1)c1cccc(C(=C)c2ccc(SCC)cc2)c1. The standard InChI is InChI=1S/C26H26S2/c1-5-27-25-14-10-21(11-15-25)19(3)23-8-7-9-24(18-23)20(4)22-12-16-26(17-13-22)28-6-2/h7-18H,3-6H2,1-2H3. The van der Waals surface area contributed by atoms with E-state index in [2.05, 4.69) is 99.8 Å². The molecular formula is C26H26S2. The third kappa shape index (κ3) is 5.01. The van der Waals surface area contributed by atoms with Crippen molar-refractivity contribution in [3.8, 4) is 0 Å². The van der Waals surface area contributed by atoms with Crippen molar-refractivity contribution in [3.63, 3.8) is 0 Å². The highest BCUT2D eigenvalue weighted by molar-refractivity contribution is 7.99. The quantitative estimate of drug-likeness (QED) is 0.350. The van der Waals surface area contributed by atoms with Crippen molar-refractivity contribution in [2.24, 2.45) is 0 Å². The summed E-state index contributed by atoms with van der Waals surface area (Å²) in [6.07, 6.45) is 0. The number of thioether (sulfide) groups is 2. The highest BCUT2D eigenvalue weighted by Crippen LogP contribution is 2.29. The van der Waals surface area contributed by atoms with Crippen molar-refractivity contribution >= 4 is 34.7 Å². The maximum absolute atomic E-state index is 4.34. The van der Waals surface area contributed by atoms with Crippen LogP contribution in [0.3, 0.4) is 0 Å². The summed E-state index contributed by atoms with van der Waals surface area (Å²) >= 11 is 3.71. The van der Waals surface area contributed by atoms with Crippen LogP contribution in [0.2, 0.25) is 0 Å². The summed E-state index contributed by atoms with van der Waals surface area (Å²) in [6.45, 7) is 13.0. The monoisotopic (exact) mass is 402 g/mol. The van der Waals surface area contributed by atoms with E-state index in [9.17, 15) is 0 Å². The summed E-state index contributed by atoms with van der Waals surface area (Å²) in [7, 11) is 0. The second-order valence-electron chi connectivity index (χ2n) is 6.45. The van der Waals surface area contributed by atoms with Gasteiger partial charge in [-0.2, -0.15) is 0 Å². The largest absolute Gasteiger partial charge is 0.126 e. The van der Waals surface area contributed by atoms with Crippen LogP contribution in [-0.2, 0) is 0 Å². The zero-order valence-electron chi connectivity index (χ0n) is 16.6. The predicted molar refractivity (Wildman–Crippen MR) is 128 cm³/mol. The molecule has 2 heteroatoms. The molecular weight excluding hydrogens is 376 g/mol. The minimum absolute atomic E-state index is 1.04. The molecule has 0 aliphatic heterocycles. The molecule has 3 aromatic carbocycles. The third-order valence-electron chi connectivity index (χ3n) is 4.59. The molecule has 28 heavy (non-hydrogen) atoms. The van der Waals surface area contributed by atoms with Crippen LogP contribution in [0, 0.1) is 0 Å². The van der Waals surface area contributed by atoms with E-state index in [1.807, 2.05) is 23.5 Å². The Balaban J connectivity index is 1.80. The topological polar surface area (TPSA) is 0 Å². The van der Waals surface area contributed by atoms with Crippen molar-refractivity contribution in [2.75, 3.05) is 11.5 Å². The van der Waals surface area contributed by atoms with E-state index in [-0.39, 0.29) is 0 Å². The molecule has 0 heterocycles. The molecule has 0 aliphatic carbocycles. The van der Waals surface area contributed by atoms with Gasteiger partial charge in [0.2, 0.25) is 0 Å². The van der Waals surface area contributed by atoms with Gasteiger partial charge >= 0.3 is 0 Å². The van der Waals surface area contributed by atoms with Crippen LogP contribution >= 0.6 is 23.5 Å². The lowest BCUT2D eigenvalue weighted by Gasteiger charge is -2.12. The van der Waals surface area contributed by atoms with E-state index in [0.717, 1.165) is 44.9 Å². The fraction of sp³-hybridized carbons (Fsp3) is 0.154. The Morgan fingerprint density at radius 2 is 1.00 bits per heavy atom. The minimum atomic E-state index is 1.04. The maximum atomic E-state index is 4.34. The first-order chi connectivity index (χ1) is 13.6. The highest BCUT2D eigenvalue weighted by atomic mass is 32.2. The van der Waals surface area contributed by atoms with E-state index in [4.69, 9.17) is 0 Å². The van der Waals surface area contributed by atoms with Gasteiger partial charge in [-0.15, -0.1) is 23.5 Å². The van der Waals surface area contributed by atoms with Gasteiger partial charge in [0, 0.05) is 9.79 Å². The molecule has 0 saturated heterocycles. The second-order valence-corrected chi connectivity index (χ2v) is 9.13. The Morgan fingerprint density at radius 3 is 1.36 bits per heavy atom. The molecule has 0 unspecified atom stereocenters. The molecule has 0 saturated carbocycles. The van der Waals surface area contributed by atoms with Gasteiger partial charge in [-0.05, 0) is 75.2 Å². The third-order valence-corrected chi connectivity index (χ3v) is 6.38. The first-order valence-electron chi connectivity index (χ1n) is 9.57. The van der Waals surface area contributed by atoms with E-state index in [1.165, 1.54) is 9.79 Å². The fourth-order valence-corrected chi connectivity index (χ4v) is 4.39. The predicted octanol–water partition coefficient (Wildman–Crippen LogP) is 8.03. The zero-order valence-corrected chi connectivity index (χ0v) is 18.2. The molecule has 0 aliphatic rings. The Morgan fingerprint density at radius 1 is 0.607 bits per heavy atom. The lowest BCUT2D eigenvalue weighted by molar-refractivity contribution is 1.40. The van der Waals surface area contributed by atoms with Crippen LogP contribution < -0.4 is 0 Å². The van der Waals surface area contributed by atoms with Gasteiger partial charge in [0.25, 0.3) is 0 Å². The first-order valence-corrected chi connectivity index (χ1v) is 11.5. The van der Waals surface area contributed by atoms with Crippen molar-refractivity contribution < 1.29 is 0 Å². The lowest BCUT2D eigenvalue weighted by atomic mass is 9.94. The van der Waals surface area contributed by atoms with Crippen molar-refractivity contribution in [3.05, 3.63) is 108 Å². The van der Waals surface area contributed by atoms with Gasteiger partial charge in [-0.3, -0.25) is 0 Å². The van der Waals surface area contributed by atoms with Gasteiger partial charge in [-0.25, -0.2) is 0 Å². The molecule has 0 spiro atoms. The van der Waals surface area contributed by atoms with Crippen LogP contribution in [0.4, 0.5) is 0 Å². The number of benzene rings is 3. The zero-order chi connectivity index (χ0) is 19.9. The van der Waals surface area contributed by atoms with E-state index >= 15 is 0 Å². The molecule has 0 bridgehead atoms. The Labute approximate surface area is 177 Å². The van der Waals surface area contributed by atoms with E-state index in [1.54, 1.807) is 0 Å². The average molecular weight is 403 g/mol. The fourth-order valence-electron chi connectivity index (χ4n) is 3.07. The average Bonchev–Trinajstić information content (AvgIpc) is 2.74. The summed E-state index contributed by atoms with van der Waals surface area (Å²) in [6, 6.07) is 25.8. The molecule has 0 atom stereocenters. The molecule has 142 valence electrons. The second kappa shape index (κ2) is 9.86. The maximum Gasteiger partial charge on any atom is 0.00722 e. The number of hydrogen-bond donors (Lipinski definition) is 0. The van der Waals surface area contributed by atoms with Gasteiger partial charge in [0.05, 0.1) is 0 Å². The molecule has 0 fully saturated rings. The highest BCUT2D eigenvalue weighted by Gasteiger charge is 2.07. The van der Waals surface area contributed by atoms with Crippen LogP contribution in [0.5, 0.6) is 0 Å². The molecule has 0 N–H and O–H groups in total. The molecule has 3 rings (SSSR count). The minimum Gasteiger partial charge on any atom is -0.126 e. The Bertz CT molecular complexity index is 874. The summed E-state index contributed by atoms with van der Waals surface area (Å²) in [5.74, 6) is 2.17. The molecule has 0 aromatic heterocycles. The van der Waals surface area contributed by atoms with Gasteiger partial charge in [-0.1, -0.05) is 69.5 Å². The van der Waals surface area contributed by atoms with Crippen molar-refractivity contribution in [1.82, 2.24) is 0 Å². The van der Waals surface area contributed by atoms with Crippen LogP contribution in [-0.4, -0.2) is 11.5 Å². The molecule has 0 amide bonds. The van der Waals surface area contributed by atoms with E-state index < -0.39 is 0 Å². The number of hydrogen-bond acceptors (Lipinski definition) is 2. The van der Waals surface area contributed by atoms with E-state index in [0.29, 0.717) is 0 Å². The van der Waals surface area contributed by atoms with Crippen LogP contribution in [0.15, 0.2) is 95.7 Å². The van der Waals surface area contributed by atoms with Crippen LogP contribution in [0.25, 0.3) is 11.1 Å². The summed E-state index contributed by atoms with van der Waals surface area (Å²) in [4.78, 5) is 2.59. The molecule has 0 nitrogen and oxygen atoms in total. The first kappa shape index (κ1) is 20.6. The van der Waals surface area contributed by atoms with Crippen molar-refractivity contribution in [1.29, 1.82) is 0 Å². The Hall–Kier alpha value is -2.16. The normalized spacial score (nSPS) is 10.6. The van der Waals surface area contributed by atoms with Gasteiger partial charge in [0.1, 0.15) is 0 Å². The summed E-state index contributed by atoms with van der Waals surface area (Å²) in [5, 5.41) is 0. The van der Waals surface area contributed by atoms with Crippen LogP contribution in [0.1, 0.15) is 36.1 Å². The smallest absolute Gasteiger partial charge is 0.00722 e.